The number of anilines is 1. The van der Waals surface area contributed by atoms with Gasteiger partial charge in [0.25, 0.3) is 0 Å². The summed E-state index contributed by atoms with van der Waals surface area (Å²) in [6.45, 7) is 0. The quantitative estimate of drug-likeness (QED) is 0.639. The van der Waals surface area contributed by atoms with Crippen molar-refractivity contribution in [2.75, 3.05) is 4.90 Å². The molecule has 2 aromatic heterocycles. The number of nitrogens with one attached hydrogen (secondary N) is 1. The van der Waals surface area contributed by atoms with E-state index in [2.05, 4.69) is 16.4 Å². The largest absolute Gasteiger partial charge is 0.506 e. The van der Waals surface area contributed by atoms with E-state index in [4.69, 9.17) is 23.8 Å². The molecule has 2 N–H and O–H groups in total. The van der Waals surface area contributed by atoms with Crippen LogP contribution in [0.15, 0.2) is 60.1 Å². The Balaban J connectivity index is 1.85. The van der Waals surface area contributed by atoms with E-state index in [1.165, 1.54) is 0 Å². The molecule has 1 saturated heterocycles. The molecule has 1 aliphatic heterocycles. The first-order valence-corrected chi connectivity index (χ1v) is 9.34. The topological polar surface area (TPSA) is 48.4 Å². The van der Waals surface area contributed by atoms with Crippen molar-refractivity contribution in [1.82, 2.24) is 10.3 Å². The summed E-state index contributed by atoms with van der Waals surface area (Å²) in [6.07, 6.45) is 1.77. The van der Waals surface area contributed by atoms with Crippen LogP contribution in [0.5, 0.6) is 5.75 Å². The number of nitrogens with zero attached hydrogens (tertiary/aromatic N) is 2. The number of aromatic hydroxyl groups is 1. The second kappa shape index (κ2) is 6.63. The van der Waals surface area contributed by atoms with Crippen LogP contribution in [0.4, 0.5) is 5.69 Å². The van der Waals surface area contributed by atoms with E-state index in [1.807, 2.05) is 34.5 Å². The Labute approximate surface area is 159 Å². The molecule has 0 bridgehead atoms. The highest BCUT2D eigenvalue weighted by Crippen LogP contribution is 2.45. The third kappa shape index (κ3) is 2.97. The lowest BCUT2D eigenvalue weighted by Gasteiger charge is -2.27. The monoisotopic (exact) mass is 387 g/mol. The molecule has 1 fully saturated rings. The molecular formula is C18H14ClN3OS2. The molecule has 0 saturated carbocycles. The van der Waals surface area contributed by atoms with Gasteiger partial charge in [-0.05, 0) is 54.0 Å². The fourth-order valence-corrected chi connectivity index (χ4v) is 4.41. The highest BCUT2D eigenvalue weighted by atomic mass is 35.5. The number of aromatic nitrogens is 1. The van der Waals surface area contributed by atoms with Crippen LogP contribution in [-0.4, -0.2) is 15.2 Å². The maximum Gasteiger partial charge on any atom is 0.174 e. The minimum absolute atomic E-state index is 0.119. The molecule has 0 aliphatic carbocycles. The summed E-state index contributed by atoms with van der Waals surface area (Å²) >= 11 is 13.4. The maximum absolute atomic E-state index is 10.4. The summed E-state index contributed by atoms with van der Waals surface area (Å²) in [6, 6.07) is 14.6. The highest BCUT2D eigenvalue weighted by molar-refractivity contribution is 7.80. The Morgan fingerprint density at radius 2 is 2.08 bits per heavy atom. The number of rotatable bonds is 3. The summed E-state index contributed by atoms with van der Waals surface area (Å²) in [7, 11) is 0. The third-order valence-corrected chi connectivity index (χ3v) is 5.62. The van der Waals surface area contributed by atoms with Gasteiger partial charge >= 0.3 is 0 Å². The molecule has 2 atom stereocenters. The lowest BCUT2D eigenvalue weighted by molar-refractivity contribution is 0.473. The first kappa shape index (κ1) is 16.3. The van der Waals surface area contributed by atoms with E-state index >= 15 is 0 Å². The van der Waals surface area contributed by atoms with E-state index in [0.29, 0.717) is 15.8 Å². The SMILES string of the molecule is Oc1ccc(Cl)cc1N1C(=S)NC(c2ccccn2)C1c1cccs1. The number of phenols is 1. The fourth-order valence-electron chi connectivity index (χ4n) is 3.05. The van der Waals surface area contributed by atoms with Crippen LogP contribution in [0.2, 0.25) is 5.02 Å². The van der Waals surface area contributed by atoms with Crippen molar-refractivity contribution in [3.63, 3.8) is 0 Å². The van der Waals surface area contributed by atoms with Gasteiger partial charge in [0, 0.05) is 16.1 Å². The zero-order valence-electron chi connectivity index (χ0n) is 13.0. The summed E-state index contributed by atoms with van der Waals surface area (Å²) in [5.74, 6) is 0.136. The Morgan fingerprint density at radius 1 is 1.20 bits per heavy atom. The molecule has 4 nitrogen and oxygen atoms in total. The Morgan fingerprint density at radius 3 is 2.80 bits per heavy atom. The molecule has 1 aromatic carbocycles. The second-order valence-electron chi connectivity index (χ2n) is 5.65. The zero-order chi connectivity index (χ0) is 17.4. The lowest BCUT2D eigenvalue weighted by atomic mass is 10.0. The van der Waals surface area contributed by atoms with E-state index in [1.54, 1.807) is 35.7 Å². The summed E-state index contributed by atoms with van der Waals surface area (Å²) in [5, 5.41) is 16.8. The lowest BCUT2D eigenvalue weighted by Crippen LogP contribution is -2.29. The standard InChI is InChI=1S/C18H14ClN3OS2/c19-11-6-7-14(23)13(10-11)22-17(15-5-3-9-25-15)16(21-18(22)24)12-4-1-2-8-20-12/h1-10,16-17,23H,(H,21,24). The Hall–Kier alpha value is -2.15. The van der Waals surface area contributed by atoms with Crippen LogP contribution in [0.25, 0.3) is 0 Å². The predicted molar refractivity (Wildman–Crippen MR) is 105 cm³/mol. The molecule has 4 rings (SSSR count). The van der Waals surface area contributed by atoms with E-state index in [0.717, 1.165) is 10.6 Å². The minimum Gasteiger partial charge on any atom is -0.506 e. The fraction of sp³-hybridized carbons (Fsp3) is 0.111. The molecule has 0 amide bonds. The first-order valence-electron chi connectivity index (χ1n) is 7.68. The van der Waals surface area contributed by atoms with Gasteiger partial charge in [-0.3, -0.25) is 4.98 Å². The second-order valence-corrected chi connectivity index (χ2v) is 7.45. The van der Waals surface area contributed by atoms with Crippen LogP contribution in [-0.2, 0) is 0 Å². The van der Waals surface area contributed by atoms with Crippen molar-refractivity contribution < 1.29 is 5.11 Å². The number of hydrogen-bond acceptors (Lipinski definition) is 4. The van der Waals surface area contributed by atoms with Gasteiger partial charge in [-0.2, -0.15) is 0 Å². The van der Waals surface area contributed by atoms with Crippen molar-refractivity contribution >= 4 is 46.0 Å². The first-order chi connectivity index (χ1) is 12.1. The molecule has 3 aromatic rings. The van der Waals surface area contributed by atoms with Crippen LogP contribution in [0.1, 0.15) is 22.7 Å². The van der Waals surface area contributed by atoms with Crippen molar-refractivity contribution in [2.45, 2.75) is 12.1 Å². The van der Waals surface area contributed by atoms with E-state index < -0.39 is 0 Å². The molecule has 25 heavy (non-hydrogen) atoms. The zero-order valence-corrected chi connectivity index (χ0v) is 15.4. The van der Waals surface area contributed by atoms with Gasteiger partial charge in [-0.25, -0.2) is 0 Å². The van der Waals surface area contributed by atoms with E-state index in [9.17, 15) is 5.11 Å². The van der Waals surface area contributed by atoms with Gasteiger partial charge in [0.2, 0.25) is 0 Å². The van der Waals surface area contributed by atoms with Crippen LogP contribution < -0.4 is 10.2 Å². The van der Waals surface area contributed by atoms with Crippen LogP contribution in [0, 0.1) is 0 Å². The van der Waals surface area contributed by atoms with Gasteiger partial charge in [0.05, 0.1) is 23.5 Å². The van der Waals surface area contributed by atoms with Crippen molar-refractivity contribution in [1.29, 1.82) is 0 Å². The Kier molecular flexibility index (Phi) is 4.33. The molecule has 7 heteroatoms. The smallest absolute Gasteiger partial charge is 0.174 e. The van der Waals surface area contributed by atoms with Gasteiger partial charge < -0.3 is 15.3 Å². The highest BCUT2D eigenvalue weighted by Gasteiger charge is 2.42. The summed E-state index contributed by atoms with van der Waals surface area (Å²) in [5.41, 5.74) is 1.48. The maximum atomic E-state index is 10.4. The number of phenolic OH excluding ortho intramolecular Hbond substituents is 1. The number of hydrogen-bond donors (Lipinski definition) is 2. The molecule has 126 valence electrons. The molecule has 0 radical (unpaired) electrons. The number of benzene rings is 1. The molecule has 0 spiro atoms. The summed E-state index contributed by atoms with van der Waals surface area (Å²) in [4.78, 5) is 7.54. The minimum atomic E-state index is -0.120. The molecular weight excluding hydrogens is 374 g/mol. The van der Waals surface area contributed by atoms with Gasteiger partial charge in [-0.15, -0.1) is 11.3 Å². The predicted octanol–water partition coefficient (Wildman–Crippen LogP) is 4.68. The number of thiocarbonyl (C=S) groups is 1. The normalized spacial score (nSPS) is 19.9. The Bertz CT molecular complexity index is 902. The number of halogens is 1. The van der Waals surface area contributed by atoms with Crippen LogP contribution >= 0.6 is 35.2 Å². The third-order valence-electron chi connectivity index (χ3n) is 4.13. The van der Waals surface area contributed by atoms with E-state index in [-0.39, 0.29) is 17.8 Å². The molecule has 2 unspecified atom stereocenters. The van der Waals surface area contributed by atoms with Crippen molar-refractivity contribution in [2.24, 2.45) is 0 Å². The van der Waals surface area contributed by atoms with Gasteiger partial charge in [0.15, 0.2) is 5.11 Å². The molecule has 3 heterocycles. The number of pyridine rings is 1. The average Bonchev–Trinajstić information content (AvgIpc) is 3.25. The average molecular weight is 388 g/mol. The summed E-state index contributed by atoms with van der Waals surface area (Å²) < 4.78 is 0. The van der Waals surface area contributed by atoms with Gasteiger partial charge in [0.1, 0.15) is 5.75 Å². The van der Waals surface area contributed by atoms with Crippen molar-refractivity contribution in [3.8, 4) is 5.75 Å². The molecule has 1 aliphatic rings. The van der Waals surface area contributed by atoms with Gasteiger partial charge in [-0.1, -0.05) is 23.7 Å². The van der Waals surface area contributed by atoms with Crippen LogP contribution in [0.3, 0.4) is 0 Å². The number of thiophene rings is 1. The van der Waals surface area contributed by atoms with Crippen molar-refractivity contribution in [3.05, 3.63) is 75.7 Å².